The summed E-state index contributed by atoms with van der Waals surface area (Å²) in [5.41, 5.74) is 5.59. The lowest BCUT2D eigenvalue weighted by Crippen LogP contribution is -2.39. The van der Waals surface area contributed by atoms with Crippen molar-refractivity contribution in [2.45, 2.75) is 110 Å². The molecular formula is C89H102Br3Cl4F4N7O19S2. The van der Waals surface area contributed by atoms with E-state index in [-0.39, 0.29) is 107 Å². The zero-order chi connectivity index (χ0) is 92.9. The van der Waals surface area contributed by atoms with E-state index in [1.165, 1.54) is 82.4 Å². The minimum atomic E-state index is -3.06. The van der Waals surface area contributed by atoms with Crippen molar-refractivity contribution in [2.24, 2.45) is 11.8 Å². The molecule has 0 radical (unpaired) electrons. The number of nitrogens with zero attached hydrogens (tertiary/aromatic N) is 4. The summed E-state index contributed by atoms with van der Waals surface area (Å²) in [6, 6.07) is 35.4. The Morgan fingerprint density at radius 2 is 0.930 bits per heavy atom. The maximum Gasteiger partial charge on any atom is 0.387 e. The molecule has 2 aromatic heterocycles. The van der Waals surface area contributed by atoms with Gasteiger partial charge in [-0.2, -0.15) is 17.6 Å². The molecule has 3 amide bonds. The summed E-state index contributed by atoms with van der Waals surface area (Å²) in [5.74, 6) is 0.811. The lowest BCUT2D eigenvalue weighted by atomic mass is 10.0. The number of alkyl halides is 5. The Morgan fingerprint density at radius 3 is 1.30 bits per heavy atom. The van der Waals surface area contributed by atoms with Crippen LogP contribution in [0.1, 0.15) is 169 Å². The smallest absolute Gasteiger partial charge is 0.387 e. The van der Waals surface area contributed by atoms with Crippen molar-refractivity contribution in [1.82, 2.24) is 24.9 Å². The summed E-state index contributed by atoms with van der Waals surface area (Å²) in [6.07, 6.45) is 8.86. The molecule has 2 aliphatic carbocycles. The van der Waals surface area contributed by atoms with Gasteiger partial charge in [-0.05, 0) is 135 Å². The second-order valence-electron chi connectivity index (χ2n) is 28.3. The van der Waals surface area contributed by atoms with E-state index in [2.05, 4.69) is 68.9 Å². The first-order valence-corrected chi connectivity index (χ1v) is 47.0. The van der Waals surface area contributed by atoms with Crippen LogP contribution in [-0.2, 0) is 36.7 Å². The van der Waals surface area contributed by atoms with Crippen molar-refractivity contribution in [3.8, 4) is 28.7 Å². The van der Waals surface area contributed by atoms with Crippen LogP contribution in [0.4, 0.5) is 17.6 Å². The van der Waals surface area contributed by atoms with Crippen LogP contribution in [0.25, 0.3) is 0 Å². The van der Waals surface area contributed by atoms with Gasteiger partial charge in [-0.3, -0.25) is 48.6 Å². The van der Waals surface area contributed by atoms with E-state index in [9.17, 15) is 65.5 Å². The highest BCUT2D eigenvalue weighted by molar-refractivity contribution is 9.93. The van der Waals surface area contributed by atoms with Crippen LogP contribution in [-0.4, -0.2) is 206 Å². The van der Waals surface area contributed by atoms with Gasteiger partial charge in [0.1, 0.15) is 38.0 Å². The molecular weight excluding hydrogens is 1990 g/mol. The van der Waals surface area contributed by atoms with Crippen LogP contribution in [0.15, 0.2) is 158 Å². The number of aromatic amines is 2. The molecule has 4 atom stereocenters. The monoisotopic (exact) mass is 2090 g/mol. The molecule has 6 aromatic carbocycles. The second-order valence-corrected chi connectivity index (χ2v) is 32.9. The molecule has 0 bridgehead atoms. The number of aromatic nitrogens is 2. The molecule has 12 rings (SSSR count). The number of ketones is 4. The molecule has 696 valence electrons. The van der Waals surface area contributed by atoms with E-state index in [1.807, 2.05) is 0 Å². The van der Waals surface area contributed by atoms with Gasteiger partial charge >= 0.3 is 25.2 Å². The minimum Gasteiger partial charge on any atom is -0.870 e. The number of carbonyl (C=O) groups is 10. The Labute approximate surface area is 795 Å². The first-order valence-electron chi connectivity index (χ1n) is 39.3. The fourth-order valence-corrected chi connectivity index (χ4v) is 15.0. The molecule has 0 spiro atoms. The maximum atomic E-state index is 13.8. The Hall–Kier alpha value is -8.82. The van der Waals surface area contributed by atoms with Crippen molar-refractivity contribution in [3.63, 3.8) is 0 Å². The Bertz CT molecular complexity index is 4980. The highest BCUT2D eigenvalue weighted by atomic mass is 80.9. The predicted octanol–water partition coefficient (Wildman–Crippen LogP) is 18.7. The standard InChI is InChI=1S/C33H33Cl2F2N3O6S.C22H22Cl2F2N2O4S.C11H12BrNO2.C11H13NO2.C9H8O3.C2H6.CH4.Br2.2H2O/c1-39(2)30(42)22-5-3-4-20(12-22)26(41)17-40-10-11-47-31(40)32(43)45-28(14-23-24(34)15-38-16-25(23)35)21-8-9-27(46-33(36)37)29(13-21)44-18-19-6-7-19;23-15-9-27-10-16(24)14(15)8-18(31-21(29)20-28-5-6-33-20)13-3-4-17(32-22(25)26)19(7-13)30-11-12-1-2-12;1-13(2)11(15)9-5-3-4-8(6-9)10(14)7-12;1-8(13)9-5-4-6-10(7-9)11(14)12(2)3;1-7(11)8-3-2-4-9(5-8)12-6-10;1-2;;1-2;;/h3-5,8-9,12-13,15-16,19,28,31,33H,6-7,10-11,14,17-18H2,1-2H3;3-4,7,9-10,12,18,20,22,28H,1-2,5-6,8,11H2;3-6H,7H2,1-2H3;4-7H,1-3H3;2-6H,1H3;1-2H3;1H4;;2*1H2/t28-,31-;18-,20-;;;;;;;;/m00......../s1/i;;;;;1D;;;;. The van der Waals surface area contributed by atoms with E-state index in [0.717, 1.165) is 31.4 Å². The zero-order valence-corrected chi connectivity index (χ0v) is 79.8. The van der Waals surface area contributed by atoms with Crippen LogP contribution in [0, 0.1) is 11.8 Å². The summed E-state index contributed by atoms with van der Waals surface area (Å²) in [6.45, 7) is 1.37. The Morgan fingerprint density at radius 1 is 0.547 bits per heavy atom. The molecule has 4 aliphatic rings. The number of H-pyrrole nitrogens is 2. The SMILES string of the molecule is BrBr.C.CC(=O)c1cccc(C(=O)N(C)C)c1.CC(=O)c1cccc(OC=O)c1.CN(C)C(=O)c1cccc(C(=O)CBr)c1.CN(C)C(=O)c1cccc(C(=O)CN2CCS[C@H]2C(=O)O[C@@H](Cc2c(Cl)c[nH+]cc2Cl)c2ccc(OC(F)F)c(OCC3CC3)c2)c1.O=C(O[C@@H](Cc1c(Cl)c[nH+]cc1Cl)c1ccc(OC(F)F)c(OCC2CC2)c1)[C@H]1NCCS1.[2H]CC.[OH-].[OH-]. The van der Waals surface area contributed by atoms with Gasteiger partial charge in [0.25, 0.3) is 24.2 Å². The number of amides is 3. The number of halogens is 11. The first-order chi connectivity index (χ1) is 60.1. The summed E-state index contributed by atoms with van der Waals surface area (Å²) >= 11 is 37.0. The van der Waals surface area contributed by atoms with Gasteiger partial charge in [0.05, 0.1) is 25.1 Å². The lowest BCUT2D eigenvalue weighted by molar-refractivity contribution is -0.378. The highest BCUT2D eigenvalue weighted by Crippen LogP contribution is 2.41. The largest absolute Gasteiger partial charge is 0.870 e. The van der Waals surface area contributed by atoms with Crippen LogP contribution < -0.4 is 39.0 Å². The van der Waals surface area contributed by atoms with Gasteiger partial charge < -0.3 is 58.8 Å². The first kappa shape index (κ1) is 112. The van der Waals surface area contributed by atoms with Crippen molar-refractivity contribution >= 4 is 173 Å². The van der Waals surface area contributed by atoms with Crippen molar-refractivity contribution in [3.05, 3.63) is 240 Å². The second kappa shape index (κ2) is 58.1. The van der Waals surface area contributed by atoms with Crippen molar-refractivity contribution in [1.29, 1.82) is 0 Å². The molecule has 26 nitrogen and oxygen atoms in total. The number of benzene rings is 6. The number of hydrogen-bond acceptors (Lipinski definition) is 23. The van der Waals surface area contributed by atoms with E-state index in [4.69, 9.17) is 71.5 Å². The number of nitrogens with one attached hydrogen (secondary N) is 3. The number of pyridine rings is 2. The number of carbonyl (C=O) groups excluding carboxylic acids is 10. The quantitative estimate of drug-likeness (QED) is 0.0134. The summed E-state index contributed by atoms with van der Waals surface area (Å²) in [4.78, 5) is 131. The molecule has 4 fully saturated rings. The van der Waals surface area contributed by atoms with Crippen LogP contribution in [0.2, 0.25) is 20.1 Å². The maximum absolute atomic E-state index is 13.8. The van der Waals surface area contributed by atoms with E-state index in [0.29, 0.717) is 144 Å². The number of thioether (sulfide) groups is 2. The molecule has 128 heavy (non-hydrogen) atoms. The number of hydrogen-bond donors (Lipinski definition) is 1. The van der Waals surface area contributed by atoms with Crippen LogP contribution in [0.5, 0.6) is 28.7 Å². The van der Waals surface area contributed by atoms with Gasteiger partial charge in [0, 0.05) is 159 Å². The van der Waals surface area contributed by atoms with Gasteiger partial charge in [0.2, 0.25) is 0 Å². The van der Waals surface area contributed by atoms with Crippen LogP contribution >= 0.6 is 114 Å². The lowest BCUT2D eigenvalue weighted by Gasteiger charge is -2.26. The van der Waals surface area contributed by atoms with Crippen LogP contribution in [0.3, 0.4) is 0 Å². The molecule has 8 aromatic rings. The third kappa shape index (κ3) is 36.8. The number of rotatable bonds is 32. The molecule has 2 saturated heterocycles. The van der Waals surface area contributed by atoms with Gasteiger partial charge in [0.15, 0.2) is 81.7 Å². The number of Topliss-reactive ketones (excluding diaryl/α,β-unsaturated/α-hetero) is 4. The van der Waals surface area contributed by atoms with Crippen molar-refractivity contribution in [2.75, 3.05) is 92.0 Å². The predicted molar refractivity (Wildman–Crippen MR) is 495 cm³/mol. The zero-order valence-electron chi connectivity index (χ0n) is 71.4. The summed E-state index contributed by atoms with van der Waals surface area (Å²) in [7, 11) is 10.00. The molecule has 4 heterocycles. The van der Waals surface area contributed by atoms with Gasteiger partial charge in [-0.15, -0.1) is 23.5 Å². The summed E-state index contributed by atoms with van der Waals surface area (Å²) < 4.78 is 95.9. The molecule has 5 N–H and O–H groups in total. The fourth-order valence-electron chi connectivity index (χ4n) is 11.6. The van der Waals surface area contributed by atoms with E-state index < -0.39 is 48.1 Å². The van der Waals surface area contributed by atoms with Crippen molar-refractivity contribution < 1.29 is 121 Å². The molecule has 2 aliphatic heterocycles. The average Bonchev–Trinajstić information content (AvgIpc) is 1.78. The Balaban J connectivity index is 0.000000451. The van der Waals surface area contributed by atoms with Gasteiger partial charge in [-0.25, -0.2) is 19.6 Å². The number of esters is 2. The van der Waals surface area contributed by atoms with E-state index >= 15 is 0 Å². The van der Waals surface area contributed by atoms with Gasteiger partial charge in [-0.1, -0.05) is 144 Å². The summed E-state index contributed by atoms with van der Waals surface area (Å²) in [5, 5.41) is 3.50. The number of ether oxygens (including phenoxy) is 7. The average molecular weight is 2100 g/mol. The third-order valence-corrected chi connectivity index (χ3v) is 22.6. The molecule has 39 heteroatoms. The Kier molecular flexibility index (Phi) is 50.6. The normalized spacial score (nSPS) is 14.3. The molecule has 2 saturated carbocycles. The third-order valence-electron chi connectivity index (χ3n) is 18.4. The highest BCUT2D eigenvalue weighted by Gasteiger charge is 2.38. The fraction of sp³-hybridized carbons (Fsp3) is 0.371. The minimum absolute atomic E-state index is 0. The topological polar surface area (TPSA) is 349 Å². The molecule has 0 unspecified atom stereocenters. The van der Waals surface area contributed by atoms with E-state index in [1.54, 1.807) is 182 Å².